The Balaban J connectivity index is 2.67. The van der Waals surface area contributed by atoms with E-state index < -0.39 is 0 Å². The molecule has 0 aliphatic heterocycles. The maximum Gasteiger partial charge on any atom is 0.145 e. The molecule has 80 valence electrons. The molecule has 0 spiro atoms. The number of hydrogen-bond donors (Lipinski definition) is 1. The number of nitrogens with zero attached hydrogens (tertiary/aromatic N) is 2. The third-order valence-corrected chi connectivity index (χ3v) is 1.79. The van der Waals surface area contributed by atoms with Gasteiger partial charge in [-0.1, -0.05) is 0 Å². The molecule has 0 amide bonds. The lowest BCUT2D eigenvalue weighted by molar-refractivity contribution is 0.340. The molecule has 16 heavy (non-hydrogen) atoms. The van der Waals surface area contributed by atoms with Crippen LogP contribution in [0.25, 0.3) is 0 Å². The molecular formula is C12H11N3O. The van der Waals surface area contributed by atoms with Gasteiger partial charge in [0.05, 0.1) is 6.61 Å². The molecule has 0 aliphatic rings. The van der Waals surface area contributed by atoms with Gasteiger partial charge in [-0.25, -0.2) is 0 Å². The Morgan fingerprint density at radius 1 is 1.31 bits per heavy atom. The van der Waals surface area contributed by atoms with E-state index in [2.05, 4.69) is 5.32 Å². The van der Waals surface area contributed by atoms with Crippen LogP contribution in [0.1, 0.15) is 6.92 Å². The van der Waals surface area contributed by atoms with Crippen LogP contribution in [-0.4, -0.2) is 6.61 Å². The molecule has 1 aromatic rings. The van der Waals surface area contributed by atoms with Gasteiger partial charge in [-0.3, -0.25) is 0 Å². The third-order valence-electron chi connectivity index (χ3n) is 1.79. The molecule has 0 bridgehead atoms. The van der Waals surface area contributed by atoms with Gasteiger partial charge in [-0.05, 0) is 31.2 Å². The van der Waals surface area contributed by atoms with E-state index in [1.807, 2.05) is 31.2 Å². The quantitative estimate of drug-likeness (QED) is 0.780. The molecule has 0 fully saturated rings. The summed E-state index contributed by atoms with van der Waals surface area (Å²) < 4.78 is 5.28. The highest BCUT2D eigenvalue weighted by molar-refractivity contribution is 5.51. The summed E-state index contributed by atoms with van der Waals surface area (Å²) in [5.74, 6) is 0.790. The number of ether oxygens (including phenoxy) is 1. The van der Waals surface area contributed by atoms with Crippen LogP contribution in [0.3, 0.4) is 0 Å². The highest BCUT2D eigenvalue weighted by Gasteiger charge is 1.94. The molecule has 1 aromatic carbocycles. The number of anilines is 1. The molecule has 0 heterocycles. The van der Waals surface area contributed by atoms with Crippen molar-refractivity contribution in [1.29, 1.82) is 10.5 Å². The van der Waals surface area contributed by atoms with E-state index in [1.54, 1.807) is 12.1 Å². The Hall–Kier alpha value is -2.46. The minimum atomic E-state index is 0.0360. The first-order valence-corrected chi connectivity index (χ1v) is 4.80. The molecule has 0 aromatic heterocycles. The van der Waals surface area contributed by atoms with Gasteiger partial charge in [0.1, 0.15) is 23.5 Å². The fraction of sp³-hybridized carbons (Fsp3) is 0.167. The summed E-state index contributed by atoms with van der Waals surface area (Å²) >= 11 is 0. The Morgan fingerprint density at radius 3 is 2.44 bits per heavy atom. The summed E-state index contributed by atoms with van der Waals surface area (Å²) in [4.78, 5) is 0. The van der Waals surface area contributed by atoms with Gasteiger partial charge >= 0.3 is 0 Å². The van der Waals surface area contributed by atoms with E-state index in [0.717, 1.165) is 11.4 Å². The van der Waals surface area contributed by atoms with Crippen molar-refractivity contribution in [2.24, 2.45) is 0 Å². The Morgan fingerprint density at radius 2 is 1.94 bits per heavy atom. The van der Waals surface area contributed by atoms with Crippen molar-refractivity contribution < 1.29 is 4.74 Å². The summed E-state index contributed by atoms with van der Waals surface area (Å²) in [5, 5.41) is 19.9. The first-order valence-electron chi connectivity index (χ1n) is 4.80. The van der Waals surface area contributed by atoms with Crippen molar-refractivity contribution in [2.45, 2.75) is 6.92 Å². The molecule has 0 unspecified atom stereocenters. The van der Waals surface area contributed by atoms with Gasteiger partial charge in [0, 0.05) is 11.9 Å². The van der Waals surface area contributed by atoms with Crippen molar-refractivity contribution in [3.63, 3.8) is 0 Å². The monoisotopic (exact) mass is 213 g/mol. The minimum Gasteiger partial charge on any atom is -0.494 e. The summed E-state index contributed by atoms with van der Waals surface area (Å²) in [6.07, 6.45) is 1.37. The van der Waals surface area contributed by atoms with Crippen LogP contribution in [0.15, 0.2) is 36.0 Å². The summed E-state index contributed by atoms with van der Waals surface area (Å²) in [5.41, 5.74) is 0.834. The molecule has 0 atom stereocenters. The summed E-state index contributed by atoms with van der Waals surface area (Å²) in [6.45, 7) is 2.54. The van der Waals surface area contributed by atoms with E-state index in [9.17, 15) is 0 Å². The predicted octanol–water partition coefficient (Wildman–Crippen LogP) is 2.43. The maximum atomic E-state index is 8.52. The first-order chi connectivity index (χ1) is 7.80. The van der Waals surface area contributed by atoms with E-state index in [0.29, 0.717) is 6.61 Å². The molecule has 4 heteroatoms. The van der Waals surface area contributed by atoms with Crippen molar-refractivity contribution in [2.75, 3.05) is 11.9 Å². The maximum absolute atomic E-state index is 8.52. The van der Waals surface area contributed by atoms with Crippen LogP contribution in [0.4, 0.5) is 5.69 Å². The normalized spacial score (nSPS) is 8.44. The largest absolute Gasteiger partial charge is 0.494 e. The van der Waals surface area contributed by atoms with Gasteiger partial charge in [0.15, 0.2) is 0 Å². The fourth-order valence-electron chi connectivity index (χ4n) is 1.06. The standard InChI is InChI=1S/C12H11N3O/c1-2-16-12-5-3-11(4-6-12)15-9-10(7-13)8-14/h3-6,9,15H,2H2,1H3. The zero-order valence-corrected chi connectivity index (χ0v) is 8.90. The molecular weight excluding hydrogens is 202 g/mol. The zero-order valence-electron chi connectivity index (χ0n) is 8.90. The van der Waals surface area contributed by atoms with E-state index in [4.69, 9.17) is 15.3 Å². The van der Waals surface area contributed by atoms with Crippen LogP contribution in [0.5, 0.6) is 5.75 Å². The molecule has 0 saturated heterocycles. The molecule has 0 radical (unpaired) electrons. The van der Waals surface area contributed by atoms with Crippen molar-refractivity contribution in [3.8, 4) is 17.9 Å². The van der Waals surface area contributed by atoms with Gasteiger partial charge in [-0.2, -0.15) is 10.5 Å². The second kappa shape index (κ2) is 6.10. The smallest absolute Gasteiger partial charge is 0.145 e. The minimum absolute atomic E-state index is 0.0360. The number of benzene rings is 1. The average molecular weight is 213 g/mol. The number of hydrogen-bond acceptors (Lipinski definition) is 4. The van der Waals surface area contributed by atoms with Gasteiger partial charge in [0.25, 0.3) is 0 Å². The van der Waals surface area contributed by atoms with Crippen molar-refractivity contribution in [3.05, 3.63) is 36.0 Å². The van der Waals surface area contributed by atoms with Crippen LogP contribution < -0.4 is 10.1 Å². The van der Waals surface area contributed by atoms with Crippen molar-refractivity contribution in [1.82, 2.24) is 0 Å². The number of nitriles is 2. The highest BCUT2D eigenvalue weighted by atomic mass is 16.5. The number of rotatable bonds is 4. The molecule has 0 aliphatic carbocycles. The van der Waals surface area contributed by atoms with Crippen molar-refractivity contribution >= 4 is 5.69 Å². The Labute approximate surface area is 94.4 Å². The summed E-state index contributed by atoms with van der Waals surface area (Å²) in [6, 6.07) is 10.8. The van der Waals surface area contributed by atoms with Gasteiger partial charge in [0.2, 0.25) is 0 Å². The number of nitrogens with one attached hydrogen (secondary N) is 1. The lowest BCUT2D eigenvalue weighted by Crippen LogP contribution is -1.92. The predicted molar refractivity (Wildman–Crippen MR) is 60.5 cm³/mol. The van der Waals surface area contributed by atoms with Crippen LogP contribution in [0, 0.1) is 22.7 Å². The SMILES string of the molecule is CCOc1ccc(NC=C(C#N)C#N)cc1. The average Bonchev–Trinajstić information content (AvgIpc) is 2.33. The molecule has 0 saturated carbocycles. The van der Waals surface area contributed by atoms with Crippen LogP contribution >= 0.6 is 0 Å². The topological polar surface area (TPSA) is 68.8 Å². The number of allylic oxidation sites excluding steroid dienone is 1. The highest BCUT2D eigenvalue weighted by Crippen LogP contribution is 2.15. The Kier molecular flexibility index (Phi) is 4.43. The van der Waals surface area contributed by atoms with E-state index in [1.165, 1.54) is 6.20 Å². The van der Waals surface area contributed by atoms with E-state index in [-0.39, 0.29) is 5.57 Å². The lowest BCUT2D eigenvalue weighted by atomic mass is 10.3. The van der Waals surface area contributed by atoms with Gasteiger partial charge in [-0.15, -0.1) is 0 Å². The fourth-order valence-corrected chi connectivity index (χ4v) is 1.06. The molecule has 1 N–H and O–H groups in total. The second-order valence-corrected chi connectivity index (χ2v) is 2.88. The first kappa shape index (κ1) is 11.6. The van der Waals surface area contributed by atoms with E-state index >= 15 is 0 Å². The van der Waals surface area contributed by atoms with Crippen LogP contribution in [-0.2, 0) is 0 Å². The third kappa shape index (κ3) is 3.36. The lowest BCUT2D eigenvalue weighted by Gasteiger charge is -2.04. The summed E-state index contributed by atoms with van der Waals surface area (Å²) in [7, 11) is 0. The molecule has 4 nitrogen and oxygen atoms in total. The Bertz CT molecular complexity index is 433. The molecule has 1 rings (SSSR count). The van der Waals surface area contributed by atoms with Crippen LogP contribution in [0.2, 0.25) is 0 Å². The zero-order chi connectivity index (χ0) is 11.8. The van der Waals surface area contributed by atoms with Gasteiger partial charge < -0.3 is 10.1 Å². The second-order valence-electron chi connectivity index (χ2n) is 2.88.